The molecule has 0 radical (unpaired) electrons. The zero-order valence-corrected chi connectivity index (χ0v) is 32.1. The van der Waals surface area contributed by atoms with Gasteiger partial charge in [0, 0.05) is 23.4 Å². The van der Waals surface area contributed by atoms with E-state index in [0.29, 0.717) is 17.6 Å². The van der Waals surface area contributed by atoms with Crippen LogP contribution in [0.15, 0.2) is 108 Å². The number of carbonyl (C=O) groups is 2. The maximum atomic E-state index is 15.2. The lowest BCUT2D eigenvalue weighted by Gasteiger charge is -2.37. The minimum absolute atomic E-state index is 0.0460. The number of nitrogens with zero attached hydrogens (tertiary/aromatic N) is 4. The molecule has 3 aliphatic rings. The fourth-order valence-electron chi connectivity index (χ4n) is 9.51. The summed E-state index contributed by atoms with van der Waals surface area (Å²) in [5.41, 5.74) is 1.40. The van der Waals surface area contributed by atoms with E-state index >= 15 is 4.79 Å². The summed E-state index contributed by atoms with van der Waals surface area (Å²) in [4.78, 5) is 46.4. The van der Waals surface area contributed by atoms with Crippen LogP contribution in [0.5, 0.6) is 5.75 Å². The number of anilines is 1. The first kappa shape index (κ1) is 35.9. The summed E-state index contributed by atoms with van der Waals surface area (Å²) in [5.74, 6) is 0.302. The van der Waals surface area contributed by atoms with E-state index in [1.807, 2.05) is 78.9 Å². The highest BCUT2D eigenvalue weighted by Gasteiger charge is 2.66. The Bertz CT molecular complexity index is 2290. The lowest BCUT2D eigenvalue weighted by molar-refractivity contribution is -0.150. The molecule has 1 spiro atoms. The molecular formula is C43H46N4O6Si. The predicted molar refractivity (Wildman–Crippen MR) is 211 cm³/mol. The molecule has 0 unspecified atom stereocenters. The van der Waals surface area contributed by atoms with Gasteiger partial charge in [-0.15, -0.1) is 0 Å². The normalized spacial score (nSPS) is 23.8. The van der Waals surface area contributed by atoms with Crippen LogP contribution in [0.2, 0.25) is 18.6 Å². The Balaban J connectivity index is 1.17. The summed E-state index contributed by atoms with van der Waals surface area (Å²) in [7, 11) is -0.809. The predicted octanol–water partition coefficient (Wildman–Crippen LogP) is 5.53. The van der Waals surface area contributed by atoms with E-state index in [1.165, 1.54) is 9.87 Å². The van der Waals surface area contributed by atoms with E-state index in [2.05, 4.69) is 37.2 Å². The largest absolute Gasteiger partial charge is 0.497 e. The molecule has 0 aliphatic carbocycles. The molecular weight excluding hydrogens is 697 g/mol. The molecule has 4 heterocycles. The molecule has 278 valence electrons. The van der Waals surface area contributed by atoms with Crippen LogP contribution >= 0.6 is 0 Å². The van der Waals surface area contributed by atoms with Gasteiger partial charge in [0.05, 0.1) is 69.9 Å². The van der Waals surface area contributed by atoms with E-state index in [1.54, 1.807) is 29.2 Å². The second kappa shape index (κ2) is 14.0. The van der Waals surface area contributed by atoms with Crippen molar-refractivity contribution in [1.82, 2.24) is 14.7 Å². The number of para-hydroxylation sites is 1. The second-order valence-electron chi connectivity index (χ2n) is 15.5. The number of aliphatic hydroxyl groups is 1. The lowest BCUT2D eigenvalue weighted by Crippen LogP contribution is -2.52. The smallest absolute Gasteiger partial charge is 0.279 e. The van der Waals surface area contributed by atoms with Gasteiger partial charge in [0.25, 0.3) is 11.5 Å². The van der Waals surface area contributed by atoms with Crippen molar-refractivity contribution in [2.45, 2.75) is 69.1 Å². The number of hydrogen-bond donors (Lipinski definition) is 1. The van der Waals surface area contributed by atoms with Gasteiger partial charge >= 0.3 is 0 Å². The topological polar surface area (TPSA) is 114 Å². The van der Waals surface area contributed by atoms with Crippen molar-refractivity contribution in [3.8, 4) is 11.4 Å². The second-order valence-corrected chi connectivity index (χ2v) is 20.1. The summed E-state index contributed by atoms with van der Waals surface area (Å²) >= 11 is 0. The van der Waals surface area contributed by atoms with Crippen LogP contribution in [0.4, 0.5) is 5.69 Å². The number of amides is 2. The van der Waals surface area contributed by atoms with Crippen molar-refractivity contribution in [3.05, 3.63) is 125 Å². The molecule has 2 amide bonds. The molecule has 4 aromatic carbocycles. The first-order valence-corrected chi connectivity index (χ1v) is 21.9. The zero-order chi connectivity index (χ0) is 37.8. The third-order valence-corrected chi connectivity index (χ3v) is 16.6. The van der Waals surface area contributed by atoms with Gasteiger partial charge in [-0.05, 0) is 60.3 Å². The summed E-state index contributed by atoms with van der Waals surface area (Å²) in [6.45, 7) is 7.52. The van der Waals surface area contributed by atoms with E-state index < -0.39 is 19.8 Å². The minimum atomic E-state index is -2.46. The number of aliphatic hydroxyl groups excluding tert-OH is 1. The van der Waals surface area contributed by atoms with Crippen LogP contribution in [0.1, 0.15) is 37.3 Å². The SMILES string of the molecule is COc1ccc([Si](C)(C)[C@@H]2[C@@H](CC(=O)N3CCC[C@H]3CO)O[C@]3(C(=O)N(Cc4cccc(-n5ncc6ccccc6c5=O)c4)c4ccccc43)[C@H]2C)cc1. The van der Waals surface area contributed by atoms with Crippen LogP contribution in [0.3, 0.4) is 0 Å². The molecule has 5 aromatic rings. The summed E-state index contributed by atoms with van der Waals surface area (Å²) in [6.07, 6.45) is 2.92. The Morgan fingerprint density at radius 1 is 1.00 bits per heavy atom. The van der Waals surface area contributed by atoms with Crippen LogP contribution in [0, 0.1) is 5.92 Å². The molecule has 10 nitrogen and oxygen atoms in total. The number of ether oxygens (including phenoxy) is 2. The van der Waals surface area contributed by atoms with Gasteiger partial charge in [-0.2, -0.15) is 9.78 Å². The van der Waals surface area contributed by atoms with Crippen LogP contribution < -0.4 is 20.4 Å². The number of carbonyl (C=O) groups excluding carboxylic acids is 2. The molecule has 1 N–H and O–H groups in total. The third kappa shape index (κ3) is 5.77. The van der Waals surface area contributed by atoms with Gasteiger partial charge in [-0.3, -0.25) is 14.4 Å². The molecule has 1 aromatic heterocycles. The Morgan fingerprint density at radius 2 is 1.76 bits per heavy atom. The summed E-state index contributed by atoms with van der Waals surface area (Å²) < 4.78 is 14.1. The monoisotopic (exact) mass is 742 g/mol. The van der Waals surface area contributed by atoms with E-state index in [0.717, 1.165) is 40.8 Å². The highest BCUT2D eigenvalue weighted by Crippen LogP contribution is 2.60. The van der Waals surface area contributed by atoms with Gasteiger partial charge < -0.3 is 24.4 Å². The van der Waals surface area contributed by atoms with Gasteiger partial charge in [0.15, 0.2) is 5.60 Å². The Morgan fingerprint density at radius 3 is 2.54 bits per heavy atom. The number of benzene rings is 4. The fraction of sp³-hybridized carbons (Fsp3) is 0.349. The quantitative estimate of drug-likeness (QED) is 0.198. The average Bonchev–Trinajstić information content (AvgIpc) is 3.86. The maximum absolute atomic E-state index is 15.2. The molecule has 8 rings (SSSR count). The molecule has 5 atom stereocenters. The number of hydrogen-bond acceptors (Lipinski definition) is 7. The lowest BCUT2D eigenvalue weighted by atomic mass is 9.82. The standard InChI is InChI=1S/C43H46N4O6Si/c1-28-40(54(3,4)34-20-18-33(52-2)19-21-34)38(24-39(49)45-22-10-14-32(45)27-48)53-43(28)36-16-7-8-17-37(36)46(42(43)51)26-29-11-9-13-31(23-29)47-41(50)35-15-6-5-12-30(35)25-44-47/h5-9,11-13,15-21,23,25,28,32,38,40,48H,10,14,22,24,26-27H2,1-4H3/t28-,32-,38+,40-,43+/m0/s1. The number of rotatable bonds is 9. The number of methoxy groups -OCH3 is 1. The van der Waals surface area contributed by atoms with E-state index in [9.17, 15) is 14.7 Å². The van der Waals surface area contributed by atoms with Crippen molar-refractivity contribution in [3.63, 3.8) is 0 Å². The Hall–Kier alpha value is -5.10. The van der Waals surface area contributed by atoms with Crippen molar-refractivity contribution in [2.24, 2.45) is 5.92 Å². The van der Waals surface area contributed by atoms with Crippen LogP contribution in [0.25, 0.3) is 16.5 Å². The van der Waals surface area contributed by atoms with Crippen LogP contribution in [-0.4, -0.2) is 72.1 Å². The summed E-state index contributed by atoms with van der Waals surface area (Å²) in [5, 5.41) is 17.1. The Kier molecular flexibility index (Phi) is 9.27. The first-order chi connectivity index (χ1) is 26.1. The van der Waals surface area contributed by atoms with Crippen molar-refractivity contribution >= 4 is 41.5 Å². The average molecular weight is 743 g/mol. The molecule has 54 heavy (non-hydrogen) atoms. The molecule has 11 heteroatoms. The zero-order valence-electron chi connectivity index (χ0n) is 31.1. The first-order valence-electron chi connectivity index (χ1n) is 18.8. The third-order valence-electron chi connectivity index (χ3n) is 12.2. The fourth-order valence-corrected chi connectivity index (χ4v) is 13.5. The molecule has 0 saturated carbocycles. The van der Waals surface area contributed by atoms with Crippen LogP contribution in [-0.2, 0) is 26.5 Å². The highest BCUT2D eigenvalue weighted by atomic mass is 28.3. The number of fused-ring (bicyclic) bond motifs is 3. The summed E-state index contributed by atoms with van der Waals surface area (Å²) in [6, 6.07) is 30.8. The van der Waals surface area contributed by atoms with E-state index in [-0.39, 0.29) is 54.4 Å². The Labute approximate surface area is 315 Å². The number of likely N-dealkylation sites (tertiary alicyclic amines) is 1. The van der Waals surface area contributed by atoms with Crippen molar-refractivity contribution in [2.75, 3.05) is 25.2 Å². The maximum Gasteiger partial charge on any atom is 0.279 e. The molecule has 3 aliphatic heterocycles. The van der Waals surface area contributed by atoms with E-state index in [4.69, 9.17) is 9.47 Å². The minimum Gasteiger partial charge on any atom is -0.497 e. The van der Waals surface area contributed by atoms with Gasteiger partial charge in [-0.25, -0.2) is 0 Å². The van der Waals surface area contributed by atoms with Crippen molar-refractivity contribution < 1.29 is 24.2 Å². The molecule has 2 fully saturated rings. The highest BCUT2D eigenvalue weighted by molar-refractivity contribution is 6.91. The number of aromatic nitrogens is 2. The molecule has 0 bridgehead atoms. The van der Waals surface area contributed by atoms with Crippen molar-refractivity contribution in [1.29, 1.82) is 0 Å². The van der Waals surface area contributed by atoms with Gasteiger partial charge in [0.1, 0.15) is 5.75 Å². The molecule has 2 saturated heterocycles. The van der Waals surface area contributed by atoms with Gasteiger partial charge in [0.2, 0.25) is 5.91 Å². The van der Waals surface area contributed by atoms with Gasteiger partial charge in [-0.1, -0.05) is 85.9 Å².